The van der Waals surface area contributed by atoms with Gasteiger partial charge in [-0.3, -0.25) is 14.4 Å². The van der Waals surface area contributed by atoms with Gasteiger partial charge >= 0.3 is 0 Å². The van der Waals surface area contributed by atoms with E-state index >= 15 is 0 Å². The van der Waals surface area contributed by atoms with Crippen molar-refractivity contribution in [1.29, 1.82) is 0 Å². The number of fused-ring (bicyclic) bond motifs is 4. The molecule has 1 saturated heterocycles. The number of ether oxygens (including phenoxy) is 1. The van der Waals surface area contributed by atoms with Crippen LogP contribution in [-0.4, -0.2) is 23.3 Å². The topological polar surface area (TPSA) is 97.1 Å². The second-order valence-electron chi connectivity index (χ2n) is 7.17. The van der Waals surface area contributed by atoms with Crippen LogP contribution in [-0.2, 0) is 10.3 Å². The van der Waals surface area contributed by atoms with Gasteiger partial charge in [-0.15, -0.1) is 0 Å². The lowest BCUT2D eigenvalue weighted by Crippen LogP contribution is -2.23. The van der Waals surface area contributed by atoms with E-state index in [9.17, 15) is 19.5 Å². The molecule has 27 heavy (non-hydrogen) atoms. The van der Waals surface area contributed by atoms with Gasteiger partial charge in [-0.05, 0) is 31.5 Å². The number of phenolic OH excluding ortho intramolecular Hbond substituents is 1. The molecule has 1 aliphatic carbocycles. The predicted octanol–water partition coefficient (Wildman–Crippen LogP) is 2.83. The van der Waals surface area contributed by atoms with E-state index in [2.05, 4.69) is 0 Å². The van der Waals surface area contributed by atoms with Crippen molar-refractivity contribution in [3.8, 4) is 5.75 Å². The highest BCUT2D eigenvalue weighted by atomic mass is 16.6. The van der Waals surface area contributed by atoms with Crippen LogP contribution >= 0.6 is 0 Å². The Kier molecular flexibility index (Phi) is 2.91. The summed E-state index contributed by atoms with van der Waals surface area (Å²) in [5, 5.41) is 10.4. The van der Waals surface area contributed by atoms with Crippen molar-refractivity contribution in [2.45, 2.75) is 19.4 Å². The zero-order chi connectivity index (χ0) is 19.1. The van der Waals surface area contributed by atoms with Crippen LogP contribution in [0.1, 0.15) is 50.1 Å². The van der Waals surface area contributed by atoms with Crippen LogP contribution in [0.15, 0.2) is 39.5 Å². The number of carbonyl (C=O) groups excluding carboxylic acids is 2. The number of hydrogen-bond acceptors (Lipinski definition) is 6. The second kappa shape index (κ2) is 4.92. The Bertz CT molecular complexity index is 1260. The Morgan fingerprint density at radius 1 is 1.04 bits per heavy atom. The van der Waals surface area contributed by atoms with Crippen LogP contribution in [0.5, 0.6) is 5.75 Å². The van der Waals surface area contributed by atoms with Crippen LogP contribution in [0.25, 0.3) is 11.0 Å². The number of ketones is 2. The van der Waals surface area contributed by atoms with E-state index in [4.69, 9.17) is 9.15 Å². The fourth-order valence-electron chi connectivity index (χ4n) is 3.68. The molecule has 0 saturated carbocycles. The first-order chi connectivity index (χ1) is 12.8. The van der Waals surface area contributed by atoms with Gasteiger partial charge in [-0.1, -0.05) is 12.1 Å². The first-order valence-electron chi connectivity index (χ1n) is 8.49. The Hall–Kier alpha value is -3.25. The zero-order valence-corrected chi connectivity index (χ0v) is 14.6. The van der Waals surface area contributed by atoms with Crippen LogP contribution in [0.4, 0.5) is 0 Å². The lowest BCUT2D eigenvalue weighted by Gasteiger charge is -2.20. The fourth-order valence-corrected chi connectivity index (χ4v) is 3.68. The highest BCUT2D eigenvalue weighted by Crippen LogP contribution is 2.41. The van der Waals surface area contributed by atoms with E-state index in [1.54, 1.807) is 13.8 Å². The molecular formula is C21H14O6. The van der Waals surface area contributed by atoms with Gasteiger partial charge in [0.05, 0.1) is 23.1 Å². The summed E-state index contributed by atoms with van der Waals surface area (Å²) < 4.78 is 11.3. The van der Waals surface area contributed by atoms with Crippen LogP contribution in [0.3, 0.4) is 0 Å². The summed E-state index contributed by atoms with van der Waals surface area (Å²) in [5.74, 6) is -0.885. The maximum absolute atomic E-state index is 13.2. The summed E-state index contributed by atoms with van der Waals surface area (Å²) in [4.78, 5) is 38.9. The van der Waals surface area contributed by atoms with Gasteiger partial charge < -0.3 is 14.3 Å². The molecule has 3 aromatic rings. The molecule has 5 rings (SSSR count). The van der Waals surface area contributed by atoms with E-state index in [1.165, 1.54) is 30.3 Å². The van der Waals surface area contributed by atoms with Crippen molar-refractivity contribution in [3.63, 3.8) is 0 Å². The van der Waals surface area contributed by atoms with Gasteiger partial charge in [0.15, 0.2) is 11.2 Å². The minimum absolute atomic E-state index is 0.0119. The van der Waals surface area contributed by atoms with Crippen molar-refractivity contribution in [2.24, 2.45) is 0 Å². The SMILES string of the molecule is Cc1cc2c(c3oc([C@@]4(C)CO4)cc(=O)c13)C(=O)c1c(O)cccc1C2=O. The molecule has 0 unspecified atom stereocenters. The van der Waals surface area contributed by atoms with Crippen molar-refractivity contribution in [3.05, 3.63) is 74.1 Å². The van der Waals surface area contributed by atoms with Gasteiger partial charge in [-0.2, -0.15) is 0 Å². The number of benzene rings is 2. The second-order valence-corrected chi connectivity index (χ2v) is 7.17. The third-order valence-electron chi connectivity index (χ3n) is 5.28. The number of phenols is 1. The number of rotatable bonds is 1. The van der Waals surface area contributed by atoms with E-state index in [0.29, 0.717) is 17.9 Å². The first-order valence-corrected chi connectivity index (χ1v) is 8.49. The normalized spacial score (nSPS) is 20.5. The molecule has 2 aliphatic rings. The van der Waals surface area contributed by atoms with Gasteiger partial charge in [0.2, 0.25) is 5.78 Å². The Morgan fingerprint density at radius 2 is 1.78 bits per heavy atom. The lowest BCUT2D eigenvalue weighted by atomic mass is 9.81. The van der Waals surface area contributed by atoms with Crippen LogP contribution < -0.4 is 5.43 Å². The highest BCUT2D eigenvalue weighted by Gasteiger charge is 2.45. The summed E-state index contributed by atoms with van der Waals surface area (Å²) in [7, 11) is 0. The van der Waals surface area contributed by atoms with Crippen LogP contribution in [0.2, 0.25) is 0 Å². The molecule has 0 amide bonds. The molecule has 2 aromatic carbocycles. The zero-order valence-electron chi connectivity index (χ0n) is 14.6. The highest BCUT2D eigenvalue weighted by molar-refractivity contribution is 6.32. The molecular weight excluding hydrogens is 348 g/mol. The van der Waals surface area contributed by atoms with E-state index in [1.807, 2.05) is 0 Å². The van der Waals surface area contributed by atoms with Gasteiger partial charge in [0, 0.05) is 17.2 Å². The van der Waals surface area contributed by atoms with E-state index < -0.39 is 11.4 Å². The van der Waals surface area contributed by atoms with E-state index in [-0.39, 0.29) is 50.2 Å². The Balaban J connectivity index is 1.92. The monoisotopic (exact) mass is 362 g/mol. The number of hydrogen-bond donors (Lipinski definition) is 1. The van der Waals surface area contributed by atoms with E-state index in [0.717, 1.165) is 0 Å². The average Bonchev–Trinajstić information content (AvgIpc) is 3.37. The molecule has 1 N–H and O–H groups in total. The molecule has 0 bridgehead atoms. The summed E-state index contributed by atoms with van der Waals surface area (Å²) in [6, 6.07) is 7.28. The molecule has 1 aliphatic heterocycles. The largest absolute Gasteiger partial charge is 0.507 e. The molecule has 1 fully saturated rings. The fraction of sp³-hybridized carbons (Fsp3) is 0.190. The third kappa shape index (κ3) is 2.01. The summed E-state index contributed by atoms with van der Waals surface area (Å²) in [6.45, 7) is 3.89. The standard InChI is InChI=1S/C21H14O6/c1-9-6-11-17(19(25)16-10(18(11)24)4-3-5-12(16)22)20-15(9)13(23)7-14(27-20)21(2)8-26-21/h3-7,22H,8H2,1-2H3/t21-/m1/s1. The van der Waals surface area contributed by atoms with Gasteiger partial charge in [-0.25, -0.2) is 0 Å². The molecule has 1 aromatic heterocycles. The minimum Gasteiger partial charge on any atom is -0.507 e. The molecule has 0 radical (unpaired) electrons. The maximum Gasteiger partial charge on any atom is 0.202 e. The van der Waals surface area contributed by atoms with Gasteiger partial charge in [0.1, 0.15) is 22.7 Å². The molecule has 1 atom stereocenters. The Morgan fingerprint density at radius 3 is 2.48 bits per heavy atom. The average molecular weight is 362 g/mol. The summed E-state index contributed by atoms with van der Waals surface area (Å²) in [6.07, 6.45) is 0. The number of carbonyl (C=O) groups is 2. The third-order valence-corrected chi connectivity index (χ3v) is 5.28. The quantitative estimate of drug-likeness (QED) is 0.523. The Labute approximate surface area is 153 Å². The number of aromatic hydroxyl groups is 1. The van der Waals surface area contributed by atoms with Crippen molar-refractivity contribution < 1.29 is 23.8 Å². The first kappa shape index (κ1) is 16.0. The smallest absolute Gasteiger partial charge is 0.202 e. The summed E-state index contributed by atoms with van der Waals surface area (Å²) in [5.41, 5.74) is -0.127. The predicted molar refractivity (Wildman–Crippen MR) is 95.5 cm³/mol. The minimum atomic E-state index is -0.703. The van der Waals surface area contributed by atoms with Crippen molar-refractivity contribution in [1.82, 2.24) is 0 Å². The van der Waals surface area contributed by atoms with Crippen molar-refractivity contribution >= 4 is 22.5 Å². The lowest BCUT2D eigenvalue weighted by molar-refractivity contribution is 0.0977. The molecule has 0 spiro atoms. The van der Waals surface area contributed by atoms with Gasteiger partial charge in [0.25, 0.3) is 0 Å². The molecule has 2 heterocycles. The van der Waals surface area contributed by atoms with Crippen LogP contribution in [0, 0.1) is 6.92 Å². The van der Waals surface area contributed by atoms with Crippen molar-refractivity contribution in [2.75, 3.05) is 6.61 Å². The number of aryl methyl sites for hydroxylation is 1. The number of epoxide rings is 1. The summed E-state index contributed by atoms with van der Waals surface area (Å²) >= 11 is 0. The molecule has 6 nitrogen and oxygen atoms in total. The maximum atomic E-state index is 13.2. The molecule has 6 heteroatoms. The molecule has 134 valence electrons.